The van der Waals surface area contributed by atoms with E-state index in [1.807, 2.05) is 0 Å². The van der Waals surface area contributed by atoms with Gasteiger partial charge in [0.15, 0.2) is 21.2 Å². The van der Waals surface area contributed by atoms with Gasteiger partial charge in [-0.25, -0.2) is 13.2 Å². The van der Waals surface area contributed by atoms with E-state index in [4.69, 9.17) is 9.47 Å². The molecule has 31 heavy (non-hydrogen) atoms. The minimum absolute atomic E-state index is 0.0544. The standard InChI is InChI=1S/C22H25NO7S/c1-14-18(20(25)29-3)15(2)23-19(14)17(24)13-30-21(26)22(11-7-8-12-22)31(27,28)16-9-5-4-6-10-16/h4-6,9-10,23H,7-8,11-13H2,1-3H3. The number of ether oxygens (including phenoxy) is 2. The van der Waals surface area contributed by atoms with Crippen LogP contribution < -0.4 is 0 Å². The third-order valence-corrected chi connectivity index (χ3v) is 8.29. The summed E-state index contributed by atoms with van der Waals surface area (Å²) < 4.78 is 34.8. The van der Waals surface area contributed by atoms with Crippen LogP contribution in [0.25, 0.3) is 0 Å². The van der Waals surface area contributed by atoms with Crippen LogP contribution in [-0.2, 0) is 24.1 Å². The summed E-state index contributed by atoms with van der Waals surface area (Å²) in [7, 11) is -2.75. The van der Waals surface area contributed by atoms with Crippen molar-refractivity contribution in [2.24, 2.45) is 0 Å². The molecule has 1 aliphatic rings. The van der Waals surface area contributed by atoms with Gasteiger partial charge in [-0.05, 0) is 44.4 Å². The Hall–Kier alpha value is -2.94. The van der Waals surface area contributed by atoms with Crippen LogP contribution in [0.4, 0.5) is 0 Å². The van der Waals surface area contributed by atoms with Crippen molar-refractivity contribution in [1.82, 2.24) is 4.98 Å². The van der Waals surface area contributed by atoms with Crippen molar-refractivity contribution in [2.45, 2.75) is 49.2 Å². The lowest BCUT2D eigenvalue weighted by Crippen LogP contribution is -2.45. The van der Waals surface area contributed by atoms with E-state index in [-0.39, 0.29) is 29.0 Å². The van der Waals surface area contributed by atoms with Crippen molar-refractivity contribution in [3.63, 3.8) is 0 Å². The fourth-order valence-corrected chi connectivity index (χ4v) is 6.20. The molecule has 1 aromatic heterocycles. The number of carbonyl (C=O) groups is 3. The zero-order valence-corrected chi connectivity index (χ0v) is 18.5. The molecule has 0 aliphatic heterocycles. The minimum atomic E-state index is -3.99. The first-order valence-electron chi connectivity index (χ1n) is 9.93. The third-order valence-electron chi connectivity index (χ3n) is 5.79. The number of hydrogen-bond acceptors (Lipinski definition) is 7. The molecule has 2 aromatic rings. The number of aromatic amines is 1. The Bertz CT molecular complexity index is 1110. The molecular formula is C22H25NO7S. The highest BCUT2D eigenvalue weighted by Gasteiger charge is 2.54. The number of aryl methyl sites for hydroxylation is 1. The van der Waals surface area contributed by atoms with Crippen molar-refractivity contribution in [2.75, 3.05) is 13.7 Å². The number of H-pyrrole nitrogens is 1. The van der Waals surface area contributed by atoms with E-state index in [0.29, 0.717) is 24.1 Å². The first kappa shape index (κ1) is 22.7. The Morgan fingerprint density at radius 2 is 1.68 bits per heavy atom. The molecule has 0 radical (unpaired) electrons. The number of methoxy groups -OCH3 is 1. The van der Waals surface area contributed by atoms with Gasteiger partial charge in [-0.2, -0.15) is 0 Å². The summed E-state index contributed by atoms with van der Waals surface area (Å²) in [5.41, 5.74) is 1.21. The Morgan fingerprint density at radius 3 is 2.26 bits per heavy atom. The first-order chi connectivity index (χ1) is 14.7. The molecule has 1 aromatic carbocycles. The second-order valence-corrected chi connectivity index (χ2v) is 9.89. The number of esters is 2. The lowest BCUT2D eigenvalue weighted by molar-refractivity contribution is -0.145. The van der Waals surface area contributed by atoms with Crippen LogP contribution >= 0.6 is 0 Å². The summed E-state index contributed by atoms with van der Waals surface area (Å²) in [5, 5.41) is 0. The minimum Gasteiger partial charge on any atom is -0.465 e. The molecule has 0 spiro atoms. The molecule has 1 heterocycles. The maximum absolute atomic E-state index is 13.3. The molecular weight excluding hydrogens is 422 g/mol. The molecule has 1 aliphatic carbocycles. The Balaban J connectivity index is 1.82. The summed E-state index contributed by atoms with van der Waals surface area (Å²) in [5.74, 6) is -2.06. The van der Waals surface area contributed by atoms with Gasteiger partial charge >= 0.3 is 11.9 Å². The van der Waals surface area contributed by atoms with Crippen molar-refractivity contribution in [1.29, 1.82) is 0 Å². The van der Waals surface area contributed by atoms with Crippen molar-refractivity contribution >= 4 is 27.6 Å². The second kappa shape index (κ2) is 8.66. The first-order valence-corrected chi connectivity index (χ1v) is 11.4. The topological polar surface area (TPSA) is 120 Å². The van der Waals surface area contributed by atoms with Crippen LogP contribution in [0, 0.1) is 13.8 Å². The Morgan fingerprint density at radius 1 is 1.06 bits per heavy atom. The van der Waals surface area contributed by atoms with E-state index < -0.39 is 38.9 Å². The van der Waals surface area contributed by atoms with E-state index >= 15 is 0 Å². The molecule has 166 valence electrons. The predicted molar refractivity (Wildman–Crippen MR) is 112 cm³/mol. The van der Waals surface area contributed by atoms with Crippen LogP contribution in [0.2, 0.25) is 0 Å². The SMILES string of the molecule is COC(=O)c1c(C)[nH]c(C(=O)COC(=O)C2(S(=O)(=O)c3ccccc3)CCCC2)c1C. The zero-order valence-electron chi connectivity index (χ0n) is 17.7. The number of carbonyl (C=O) groups excluding carboxylic acids is 3. The largest absolute Gasteiger partial charge is 0.465 e. The molecule has 0 bridgehead atoms. The van der Waals surface area contributed by atoms with Crippen LogP contribution in [0.1, 0.15) is 57.8 Å². The lowest BCUT2D eigenvalue weighted by Gasteiger charge is -2.26. The highest BCUT2D eigenvalue weighted by Crippen LogP contribution is 2.41. The molecule has 9 heteroatoms. The maximum atomic E-state index is 13.3. The molecule has 0 atom stereocenters. The van der Waals surface area contributed by atoms with Crippen molar-refractivity contribution in [3.05, 3.63) is 52.8 Å². The molecule has 1 saturated carbocycles. The monoisotopic (exact) mass is 447 g/mol. The molecule has 1 N–H and O–H groups in total. The van der Waals surface area contributed by atoms with E-state index in [0.717, 1.165) is 0 Å². The van der Waals surface area contributed by atoms with Gasteiger partial charge in [0.1, 0.15) is 0 Å². The highest BCUT2D eigenvalue weighted by molar-refractivity contribution is 7.93. The molecule has 0 saturated heterocycles. The van der Waals surface area contributed by atoms with Gasteiger partial charge in [0.25, 0.3) is 0 Å². The van der Waals surface area contributed by atoms with Gasteiger partial charge in [-0.1, -0.05) is 31.0 Å². The summed E-state index contributed by atoms with van der Waals surface area (Å²) in [4.78, 5) is 40.5. The number of ketones is 1. The summed E-state index contributed by atoms with van der Waals surface area (Å²) in [6.45, 7) is 2.58. The Kier molecular flexibility index (Phi) is 6.35. The number of Topliss-reactive ketones (excluding diaryl/α,β-unsaturated/α-hetero) is 1. The van der Waals surface area contributed by atoms with Crippen LogP contribution in [0.5, 0.6) is 0 Å². The molecule has 8 nitrogen and oxygen atoms in total. The fourth-order valence-electron chi connectivity index (χ4n) is 4.13. The van der Waals surface area contributed by atoms with Gasteiger partial charge in [-0.15, -0.1) is 0 Å². The van der Waals surface area contributed by atoms with E-state index in [9.17, 15) is 22.8 Å². The molecule has 3 rings (SSSR count). The van der Waals surface area contributed by atoms with E-state index in [2.05, 4.69) is 4.98 Å². The van der Waals surface area contributed by atoms with Crippen LogP contribution in [-0.4, -0.2) is 49.6 Å². The number of rotatable bonds is 7. The van der Waals surface area contributed by atoms with Gasteiger partial charge in [0.2, 0.25) is 5.78 Å². The summed E-state index contributed by atoms with van der Waals surface area (Å²) >= 11 is 0. The number of benzene rings is 1. The molecule has 0 amide bonds. The summed E-state index contributed by atoms with van der Waals surface area (Å²) in [6, 6.07) is 7.79. The van der Waals surface area contributed by atoms with Gasteiger partial charge < -0.3 is 14.5 Å². The fraction of sp³-hybridized carbons (Fsp3) is 0.409. The number of hydrogen-bond donors (Lipinski definition) is 1. The molecule has 1 fully saturated rings. The van der Waals surface area contributed by atoms with Gasteiger partial charge in [0.05, 0.1) is 23.3 Å². The van der Waals surface area contributed by atoms with E-state index in [1.165, 1.54) is 19.2 Å². The number of nitrogens with one attached hydrogen (secondary N) is 1. The van der Waals surface area contributed by atoms with Crippen LogP contribution in [0.3, 0.4) is 0 Å². The molecule has 0 unspecified atom stereocenters. The Labute approximate surface area is 180 Å². The van der Waals surface area contributed by atoms with E-state index in [1.54, 1.807) is 32.0 Å². The average molecular weight is 448 g/mol. The van der Waals surface area contributed by atoms with Gasteiger partial charge in [0, 0.05) is 5.69 Å². The maximum Gasteiger partial charge on any atom is 0.339 e. The third kappa shape index (κ3) is 3.89. The zero-order chi connectivity index (χ0) is 22.8. The smallest absolute Gasteiger partial charge is 0.339 e. The van der Waals surface area contributed by atoms with Crippen LogP contribution in [0.15, 0.2) is 35.2 Å². The average Bonchev–Trinajstić information content (AvgIpc) is 3.38. The van der Waals surface area contributed by atoms with Crippen molar-refractivity contribution in [3.8, 4) is 0 Å². The number of aromatic nitrogens is 1. The second-order valence-electron chi connectivity index (χ2n) is 7.63. The van der Waals surface area contributed by atoms with Gasteiger partial charge in [-0.3, -0.25) is 9.59 Å². The summed E-state index contributed by atoms with van der Waals surface area (Å²) in [6.07, 6.45) is 1.44. The normalized spacial score (nSPS) is 15.5. The quantitative estimate of drug-likeness (QED) is 0.512. The van der Waals surface area contributed by atoms with Crippen molar-refractivity contribution < 1.29 is 32.3 Å². The predicted octanol–water partition coefficient (Wildman–Crippen LogP) is 2.93. The highest BCUT2D eigenvalue weighted by atomic mass is 32.2. The lowest BCUT2D eigenvalue weighted by atomic mass is 10.1. The number of sulfone groups is 1.